The molecule has 5 heteroatoms. The number of carbonyl (C=O) groups excluding carboxylic acids is 1. The summed E-state index contributed by atoms with van der Waals surface area (Å²) in [6, 6.07) is 15.6. The van der Waals surface area contributed by atoms with Crippen LogP contribution < -0.4 is 5.56 Å². The summed E-state index contributed by atoms with van der Waals surface area (Å²) >= 11 is 0. The lowest BCUT2D eigenvalue weighted by Crippen LogP contribution is -2.44. The Morgan fingerprint density at radius 3 is 2.63 bits per heavy atom. The highest BCUT2D eigenvalue weighted by Crippen LogP contribution is 2.51. The van der Waals surface area contributed by atoms with E-state index in [1.165, 1.54) is 11.6 Å². The maximum Gasteiger partial charge on any atom is 0.250 e. The number of aliphatic hydroxyl groups excluding tert-OH is 1. The zero-order valence-electron chi connectivity index (χ0n) is 15.5. The molecule has 3 atom stereocenters. The Morgan fingerprint density at radius 1 is 1.11 bits per heavy atom. The molecule has 0 saturated carbocycles. The van der Waals surface area contributed by atoms with Gasteiger partial charge in [0.1, 0.15) is 0 Å². The summed E-state index contributed by atoms with van der Waals surface area (Å²) in [5.74, 6) is 0.0987. The molecule has 2 aromatic rings. The fourth-order valence-electron chi connectivity index (χ4n) is 5.08. The fourth-order valence-corrected chi connectivity index (χ4v) is 5.08. The lowest BCUT2D eigenvalue weighted by atomic mass is 9.70. The van der Waals surface area contributed by atoms with E-state index in [9.17, 15) is 14.7 Å². The van der Waals surface area contributed by atoms with Crippen LogP contribution in [0.2, 0.25) is 0 Å². The molecule has 2 fully saturated rings. The van der Waals surface area contributed by atoms with Crippen LogP contribution in [0, 0.1) is 5.41 Å². The van der Waals surface area contributed by atoms with Crippen LogP contribution in [0.3, 0.4) is 0 Å². The molecule has 0 aliphatic carbocycles. The number of hydrogen-bond acceptors (Lipinski definition) is 3. The summed E-state index contributed by atoms with van der Waals surface area (Å²) in [5, 5.41) is 10.3. The van der Waals surface area contributed by atoms with Gasteiger partial charge in [0.15, 0.2) is 0 Å². The SMILES string of the molecule is O=C(CCn1ccccc1=O)N1[C@H]2CC[C@@H]1[C@@](CO)(Cc1ccccc1)C2. The number of nitrogens with zero attached hydrogens (tertiary/aromatic N) is 2. The second-order valence-corrected chi connectivity index (χ2v) is 7.92. The molecule has 0 unspecified atom stereocenters. The molecule has 2 aliphatic rings. The van der Waals surface area contributed by atoms with Gasteiger partial charge in [-0.2, -0.15) is 0 Å². The number of rotatable bonds is 6. The topological polar surface area (TPSA) is 62.5 Å². The van der Waals surface area contributed by atoms with Gasteiger partial charge in [-0.1, -0.05) is 36.4 Å². The molecule has 1 amide bonds. The average Bonchev–Trinajstić information content (AvgIpc) is 3.24. The predicted molar refractivity (Wildman–Crippen MR) is 103 cm³/mol. The highest BCUT2D eigenvalue weighted by atomic mass is 16.3. The zero-order valence-corrected chi connectivity index (χ0v) is 15.5. The van der Waals surface area contributed by atoms with Gasteiger partial charge in [0.2, 0.25) is 5.91 Å². The van der Waals surface area contributed by atoms with E-state index < -0.39 is 0 Å². The van der Waals surface area contributed by atoms with Gasteiger partial charge in [0.25, 0.3) is 5.56 Å². The van der Waals surface area contributed by atoms with Crippen LogP contribution in [0.5, 0.6) is 0 Å². The van der Waals surface area contributed by atoms with Crippen LogP contribution in [0.15, 0.2) is 59.5 Å². The monoisotopic (exact) mass is 366 g/mol. The minimum absolute atomic E-state index is 0.0801. The lowest BCUT2D eigenvalue weighted by molar-refractivity contribution is -0.133. The first kappa shape index (κ1) is 18.0. The highest BCUT2D eigenvalue weighted by Gasteiger charge is 2.56. The predicted octanol–water partition coefficient (Wildman–Crippen LogP) is 2.22. The van der Waals surface area contributed by atoms with Crippen molar-refractivity contribution in [3.63, 3.8) is 0 Å². The quantitative estimate of drug-likeness (QED) is 0.853. The molecule has 0 radical (unpaired) electrons. The smallest absolute Gasteiger partial charge is 0.250 e. The first-order valence-corrected chi connectivity index (χ1v) is 9.74. The average molecular weight is 366 g/mol. The van der Waals surface area contributed by atoms with Gasteiger partial charge in [-0.3, -0.25) is 9.59 Å². The number of aromatic nitrogens is 1. The summed E-state index contributed by atoms with van der Waals surface area (Å²) < 4.78 is 1.58. The summed E-state index contributed by atoms with van der Waals surface area (Å²) in [4.78, 5) is 26.8. The molecule has 0 spiro atoms. The molecule has 2 saturated heterocycles. The first-order valence-electron chi connectivity index (χ1n) is 9.74. The molecule has 1 aromatic heterocycles. The Hall–Kier alpha value is -2.40. The molecule has 2 aliphatic heterocycles. The van der Waals surface area contributed by atoms with Crippen molar-refractivity contribution in [3.05, 3.63) is 70.6 Å². The Kier molecular flexibility index (Phi) is 4.87. The summed E-state index contributed by atoms with van der Waals surface area (Å²) in [6.07, 6.45) is 5.67. The second kappa shape index (κ2) is 7.31. The van der Waals surface area contributed by atoms with Crippen molar-refractivity contribution in [2.24, 2.45) is 5.41 Å². The van der Waals surface area contributed by atoms with Crippen molar-refractivity contribution in [1.29, 1.82) is 0 Å². The number of amides is 1. The summed E-state index contributed by atoms with van der Waals surface area (Å²) in [6.45, 7) is 0.504. The number of aliphatic hydroxyl groups is 1. The fraction of sp³-hybridized carbons (Fsp3) is 0.455. The minimum atomic E-state index is -0.247. The lowest BCUT2D eigenvalue weighted by Gasteiger charge is -2.36. The molecule has 1 N–H and O–H groups in total. The Labute approximate surface area is 159 Å². The Bertz CT molecular complexity index is 863. The number of hydrogen-bond donors (Lipinski definition) is 1. The van der Waals surface area contributed by atoms with Crippen LogP contribution in [-0.2, 0) is 17.8 Å². The molecular formula is C22H26N2O3. The van der Waals surface area contributed by atoms with E-state index in [4.69, 9.17) is 0 Å². The van der Waals surface area contributed by atoms with E-state index in [1.807, 2.05) is 29.2 Å². The summed E-state index contributed by atoms with van der Waals surface area (Å²) in [5.41, 5.74) is 0.884. The van der Waals surface area contributed by atoms with Crippen molar-refractivity contribution >= 4 is 5.91 Å². The van der Waals surface area contributed by atoms with Gasteiger partial charge >= 0.3 is 0 Å². The maximum atomic E-state index is 13.0. The van der Waals surface area contributed by atoms with Crippen molar-refractivity contribution < 1.29 is 9.90 Å². The first-order chi connectivity index (χ1) is 13.1. The van der Waals surface area contributed by atoms with E-state index in [1.54, 1.807) is 16.8 Å². The molecule has 4 rings (SSSR count). The van der Waals surface area contributed by atoms with Crippen LogP contribution in [0.4, 0.5) is 0 Å². The largest absolute Gasteiger partial charge is 0.396 e. The molecule has 5 nitrogen and oxygen atoms in total. The summed E-state index contributed by atoms with van der Waals surface area (Å²) in [7, 11) is 0. The van der Waals surface area contributed by atoms with Crippen molar-refractivity contribution in [2.75, 3.05) is 6.61 Å². The molecule has 1 aromatic carbocycles. The molecule has 2 bridgehead atoms. The number of fused-ring (bicyclic) bond motifs is 2. The number of pyridine rings is 1. The Morgan fingerprint density at radius 2 is 1.89 bits per heavy atom. The third-order valence-corrected chi connectivity index (χ3v) is 6.32. The Balaban J connectivity index is 1.48. The van der Waals surface area contributed by atoms with Gasteiger partial charge in [-0.05, 0) is 37.3 Å². The van der Waals surface area contributed by atoms with Crippen LogP contribution in [-0.4, -0.2) is 39.2 Å². The molecule has 142 valence electrons. The molecule has 27 heavy (non-hydrogen) atoms. The standard InChI is InChI=1S/C22H26N2O3/c25-16-22(14-17-6-2-1-3-7-17)15-18-9-10-19(22)24(18)21(27)11-13-23-12-5-4-8-20(23)26/h1-8,12,18-19,25H,9-11,13-16H2/t18-,19+,22-/m0/s1. The van der Waals surface area contributed by atoms with Crippen molar-refractivity contribution in [3.8, 4) is 0 Å². The maximum absolute atomic E-state index is 13.0. The van der Waals surface area contributed by atoms with E-state index in [2.05, 4.69) is 12.1 Å². The number of carbonyl (C=O) groups is 1. The number of aryl methyl sites for hydroxylation is 1. The van der Waals surface area contributed by atoms with Crippen LogP contribution in [0.1, 0.15) is 31.2 Å². The normalized spacial score (nSPS) is 26.5. The van der Waals surface area contributed by atoms with E-state index >= 15 is 0 Å². The second-order valence-electron chi connectivity index (χ2n) is 7.92. The third kappa shape index (κ3) is 3.32. The highest BCUT2D eigenvalue weighted by molar-refractivity contribution is 5.78. The molecule has 3 heterocycles. The van der Waals surface area contributed by atoms with E-state index in [-0.39, 0.29) is 35.6 Å². The van der Waals surface area contributed by atoms with Crippen LogP contribution >= 0.6 is 0 Å². The van der Waals surface area contributed by atoms with Gasteiger partial charge < -0.3 is 14.6 Å². The van der Waals surface area contributed by atoms with Gasteiger partial charge in [0.05, 0.1) is 6.61 Å². The molecular weight excluding hydrogens is 340 g/mol. The van der Waals surface area contributed by atoms with E-state index in [0.29, 0.717) is 13.0 Å². The van der Waals surface area contributed by atoms with Gasteiger partial charge in [0, 0.05) is 42.7 Å². The number of benzene rings is 1. The van der Waals surface area contributed by atoms with Crippen molar-refractivity contribution in [1.82, 2.24) is 9.47 Å². The third-order valence-electron chi connectivity index (χ3n) is 6.32. The van der Waals surface area contributed by atoms with E-state index in [0.717, 1.165) is 25.7 Å². The van der Waals surface area contributed by atoms with Crippen molar-refractivity contribution in [2.45, 2.75) is 50.7 Å². The minimum Gasteiger partial charge on any atom is -0.396 e. The zero-order chi connectivity index (χ0) is 18.9. The van der Waals surface area contributed by atoms with Gasteiger partial charge in [-0.15, -0.1) is 0 Å². The van der Waals surface area contributed by atoms with Crippen LogP contribution in [0.25, 0.3) is 0 Å². The van der Waals surface area contributed by atoms with Gasteiger partial charge in [-0.25, -0.2) is 0 Å².